The van der Waals surface area contributed by atoms with Gasteiger partial charge in [-0.25, -0.2) is 4.98 Å². The van der Waals surface area contributed by atoms with Gasteiger partial charge in [-0.3, -0.25) is 0 Å². The molecule has 1 heterocycles. The van der Waals surface area contributed by atoms with Crippen LogP contribution in [0.25, 0.3) is 0 Å². The van der Waals surface area contributed by atoms with Crippen LogP contribution in [0.15, 0.2) is 10.9 Å². The molecule has 1 aliphatic rings. The maximum Gasteiger partial charge on any atom is 0.0794 e. The van der Waals surface area contributed by atoms with Gasteiger partial charge >= 0.3 is 0 Å². The second-order valence-corrected chi connectivity index (χ2v) is 8.05. The third kappa shape index (κ3) is 3.79. The van der Waals surface area contributed by atoms with Crippen LogP contribution < -0.4 is 5.32 Å². The summed E-state index contributed by atoms with van der Waals surface area (Å²) in [6, 6.07) is 0. The van der Waals surface area contributed by atoms with Gasteiger partial charge in [0, 0.05) is 11.9 Å². The Morgan fingerprint density at radius 3 is 2.53 bits per heavy atom. The number of hydrogen-bond acceptors (Lipinski definition) is 3. The molecule has 2 rings (SSSR count). The highest BCUT2D eigenvalue weighted by molar-refractivity contribution is 7.07. The SMILES string of the molecule is CNCC1(Cc2cscn2)CCC(C(C)(C)C)CC1. The van der Waals surface area contributed by atoms with Crippen LogP contribution in [0.4, 0.5) is 0 Å². The van der Waals surface area contributed by atoms with Gasteiger partial charge in [0.25, 0.3) is 0 Å². The fraction of sp³-hybridized carbons (Fsp3) is 0.812. The molecule has 0 unspecified atom stereocenters. The number of nitrogens with one attached hydrogen (secondary N) is 1. The molecular formula is C16H28N2S. The molecule has 108 valence electrons. The molecule has 0 radical (unpaired) electrons. The van der Waals surface area contributed by atoms with Crippen molar-refractivity contribution in [1.82, 2.24) is 10.3 Å². The van der Waals surface area contributed by atoms with Crippen molar-refractivity contribution in [3.05, 3.63) is 16.6 Å². The Balaban J connectivity index is 2.02. The summed E-state index contributed by atoms with van der Waals surface area (Å²) in [5.41, 5.74) is 4.15. The van der Waals surface area contributed by atoms with E-state index in [-0.39, 0.29) is 0 Å². The Bertz CT molecular complexity index is 370. The number of aromatic nitrogens is 1. The molecule has 1 aromatic heterocycles. The molecule has 0 aromatic carbocycles. The van der Waals surface area contributed by atoms with Gasteiger partial charge < -0.3 is 5.32 Å². The molecule has 1 aromatic rings. The summed E-state index contributed by atoms with van der Waals surface area (Å²) in [7, 11) is 2.08. The van der Waals surface area contributed by atoms with Gasteiger partial charge in [0.1, 0.15) is 0 Å². The predicted molar refractivity (Wildman–Crippen MR) is 83.6 cm³/mol. The molecule has 0 aliphatic heterocycles. The summed E-state index contributed by atoms with van der Waals surface area (Å²) in [6.07, 6.45) is 6.57. The summed E-state index contributed by atoms with van der Waals surface area (Å²) >= 11 is 1.72. The fourth-order valence-electron chi connectivity index (χ4n) is 3.60. The van der Waals surface area contributed by atoms with E-state index in [0.29, 0.717) is 10.8 Å². The maximum atomic E-state index is 4.50. The number of thiazole rings is 1. The third-order valence-electron chi connectivity index (χ3n) is 4.86. The number of hydrogen-bond donors (Lipinski definition) is 1. The lowest BCUT2D eigenvalue weighted by atomic mass is 9.62. The third-order valence-corrected chi connectivity index (χ3v) is 5.50. The summed E-state index contributed by atoms with van der Waals surface area (Å²) in [6.45, 7) is 8.30. The highest BCUT2D eigenvalue weighted by Crippen LogP contribution is 2.46. The monoisotopic (exact) mass is 280 g/mol. The lowest BCUT2D eigenvalue weighted by Crippen LogP contribution is -2.40. The normalized spacial score (nSPS) is 28.5. The van der Waals surface area contributed by atoms with Crippen molar-refractivity contribution in [3.8, 4) is 0 Å². The molecule has 0 saturated heterocycles. The van der Waals surface area contributed by atoms with E-state index < -0.39 is 0 Å². The summed E-state index contributed by atoms with van der Waals surface area (Å²) in [4.78, 5) is 4.50. The van der Waals surface area contributed by atoms with Crippen LogP contribution in [0.5, 0.6) is 0 Å². The zero-order chi connectivity index (χ0) is 13.9. The van der Waals surface area contributed by atoms with Gasteiger partial charge in [-0.2, -0.15) is 0 Å². The number of rotatable bonds is 4. The first kappa shape index (κ1) is 15.0. The first-order chi connectivity index (χ1) is 8.95. The minimum absolute atomic E-state index is 0.435. The van der Waals surface area contributed by atoms with Crippen LogP contribution in [0.2, 0.25) is 0 Å². The van der Waals surface area contributed by atoms with Crippen molar-refractivity contribution in [2.75, 3.05) is 13.6 Å². The second kappa shape index (κ2) is 5.92. The molecule has 1 aliphatic carbocycles. The van der Waals surface area contributed by atoms with Crippen molar-refractivity contribution >= 4 is 11.3 Å². The van der Waals surface area contributed by atoms with Crippen molar-refractivity contribution in [1.29, 1.82) is 0 Å². The summed E-state index contributed by atoms with van der Waals surface area (Å²) < 4.78 is 0. The fourth-order valence-corrected chi connectivity index (χ4v) is 4.15. The Morgan fingerprint density at radius 1 is 1.37 bits per heavy atom. The van der Waals surface area contributed by atoms with E-state index >= 15 is 0 Å². The summed E-state index contributed by atoms with van der Waals surface area (Å²) in [5.74, 6) is 0.882. The molecule has 19 heavy (non-hydrogen) atoms. The minimum Gasteiger partial charge on any atom is -0.319 e. The molecule has 0 atom stereocenters. The quantitative estimate of drug-likeness (QED) is 0.897. The van der Waals surface area contributed by atoms with Crippen LogP contribution in [0, 0.1) is 16.7 Å². The molecular weight excluding hydrogens is 252 g/mol. The summed E-state index contributed by atoms with van der Waals surface area (Å²) in [5, 5.41) is 5.64. The first-order valence-corrected chi connectivity index (χ1v) is 8.41. The molecule has 2 nitrogen and oxygen atoms in total. The Hall–Kier alpha value is -0.410. The lowest BCUT2D eigenvalue weighted by Gasteiger charge is -2.44. The van der Waals surface area contributed by atoms with Crippen molar-refractivity contribution < 1.29 is 0 Å². The molecule has 0 spiro atoms. The zero-order valence-electron chi connectivity index (χ0n) is 12.8. The van der Waals surface area contributed by atoms with Crippen molar-refractivity contribution in [2.45, 2.75) is 52.9 Å². The largest absolute Gasteiger partial charge is 0.319 e. The Morgan fingerprint density at radius 2 is 2.05 bits per heavy atom. The Kier molecular flexibility index (Phi) is 4.67. The van der Waals surface area contributed by atoms with E-state index in [0.717, 1.165) is 18.9 Å². The second-order valence-electron chi connectivity index (χ2n) is 7.33. The molecule has 0 bridgehead atoms. The predicted octanol–water partition coefficient (Wildman–Crippen LogP) is 4.13. The highest BCUT2D eigenvalue weighted by atomic mass is 32.1. The van der Waals surface area contributed by atoms with Crippen LogP contribution in [-0.2, 0) is 6.42 Å². The van der Waals surface area contributed by atoms with E-state index in [4.69, 9.17) is 0 Å². The maximum absolute atomic E-state index is 4.50. The van der Waals surface area contributed by atoms with Crippen LogP contribution in [0.1, 0.15) is 52.1 Å². The number of nitrogens with zero attached hydrogens (tertiary/aromatic N) is 1. The minimum atomic E-state index is 0.435. The molecule has 1 fully saturated rings. The van der Waals surface area contributed by atoms with Gasteiger partial charge in [0.15, 0.2) is 0 Å². The van der Waals surface area contributed by atoms with Crippen molar-refractivity contribution in [2.24, 2.45) is 16.7 Å². The molecule has 3 heteroatoms. The van der Waals surface area contributed by atoms with Crippen LogP contribution in [0.3, 0.4) is 0 Å². The van der Waals surface area contributed by atoms with Gasteiger partial charge in [0.2, 0.25) is 0 Å². The lowest BCUT2D eigenvalue weighted by molar-refractivity contribution is 0.0871. The smallest absolute Gasteiger partial charge is 0.0794 e. The van der Waals surface area contributed by atoms with Crippen LogP contribution >= 0.6 is 11.3 Å². The van der Waals surface area contributed by atoms with E-state index in [1.54, 1.807) is 11.3 Å². The topological polar surface area (TPSA) is 24.9 Å². The van der Waals surface area contributed by atoms with Gasteiger partial charge in [0.05, 0.1) is 11.2 Å². The average Bonchev–Trinajstić information content (AvgIpc) is 2.81. The molecule has 1 saturated carbocycles. The standard InChI is InChI=1S/C16H28N2S/c1-15(2,3)13-5-7-16(8-6-13,11-17-4)9-14-10-19-12-18-14/h10,12-13,17H,5-9,11H2,1-4H3. The first-order valence-electron chi connectivity index (χ1n) is 7.47. The van der Waals surface area contributed by atoms with E-state index in [9.17, 15) is 0 Å². The highest BCUT2D eigenvalue weighted by Gasteiger charge is 2.38. The van der Waals surface area contributed by atoms with E-state index in [1.807, 2.05) is 5.51 Å². The Labute approximate surface area is 122 Å². The molecule has 0 amide bonds. The van der Waals surface area contributed by atoms with Crippen molar-refractivity contribution in [3.63, 3.8) is 0 Å². The van der Waals surface area contributed by atoms with Gasteiger partial charge in [-0.15, -0.1) is 11.3 Å². The van der Waals surface area contributed by atoms with E-state index in [1.165, 1.54) is 31.4 Å². The van der Waals surface area contributed by atoms with E-state index in [2.05, 4.69) is 43.5 Å². The van der Waals surface area contributed by atoms with Gasteiger partial charge in [-0.1, -0.05) is 20.8 Å². The molecule has 1 N–H and O–H groups in total. The zero-order valence-corrected chi connectivity index (χ0v) is 13.6. The van der Waals surface area contributed by atoms with Gasteiger partial charge in [-0.05, 0) is 55.9 Å². The average molecular weight is 280 g/mol. The van der Waals surface area contributed by atoms with Crippen LogP contribution in [-0.4, -0.2) is 18.6 Å².